The van der Waals surface area contributed by atoms with Gasteiger partial charge in [0, 0.05) is 6.61 Å². The molecule has 0 bridgehead atoms. The van der Waals surface area contributed by atoms with E-state index < -0.39 is 8.32 Å². The Balaban J connectivity index is 2.65. The van der Waals surface area contributed by atoms with Crippen molar-refractivity contribution in [1.29, 1.82) is 0 Å². The molecule has 0 aliphatic rings. The van der Waals surface area contributed by atoms with E-state index in [1.54, 1.807) is 14.2 Å². The van der Waals surface area contributed by atoms with Crippen LogP contribution in [-0.2, 0) is 4.43 Å². The highest BCUT2D eigenvalue weighted by Gasteiger charge is 2.49. The number of benzene rings is 2. The van der Waals surface area contributed by atoms with Crippen LogP contribution in [0, 0.1) is 0 Å². The van der Waals surface area contributed by atoms with Crippen LogP contribution in [0.5, 0.6) is 11.5 Å². The topological polar surface area (TPSA) is 27.7 Å². The first-order valence-corrected chi connectivity index (χ1v) is 10.2. The fourth-order valence-electron chi connectivity index (χ4n) is 3.28. The first-order valence-electron chi connectivity index (χ1n) is 8.32. The van der Waals surface area contributed by atoms with Crippen LogP contribution in [0.3, 0.4) is 0 Å². The fourth-order valence-corrected chi connectivity index (χ4v) is 7.82. The van der Waals surface area contributed by atoms with Crippen molar-refractivity contribution in [2.24, 2.45) is 0 Å². The maximum Gasteiger partial charge on any atom is 0.260 e. The van der Waals surface area contributed by atoms with Crippen LogP contribution < -0.4 is 19.8 Å². The number of ether oxygens (including phenoxy) is 2. The second-order valence-electron chi connectivity index (χ2n) is 6.82. The smallest absolute Gasteiger partial charge is 0.260 e. The Kier molecular flexibility index (Phi) is 5.73. The third-order valence-electron chi connectivity index (χ3n) is 4.41. The van der Waals surface area contributed by atoms with Crippen molar-refractivity contribution in [3.05, 3.63) is 48.5 Å². The van der Waals surface area contributed by atoms with Crippen LogP contribution in [0.15, 0.2) is 48.5 Å². The summed E-state index contributed by atoms with van der Waals surface area (Å²) < 4.78 is 17.2. The minimum absolute atomic E-state index is 0.00775. The van der Waals surface area contributed by atoms with Crippen LogP contribution in [0.25, 0.3) is 0 Å². The second kappa shape index (κ2) is 7.41. The van der Waals surface area contributed by atoms with Gasteiger partial charge in [0.1, 0.15) is 11.5 Å². The lowest BCUT2D eigenvalue weighted by molar-refractivity contribution is 0.318. The monoisotopic (exact) mass is 344 g/mol. The van der Waals surface area contributed by atoms with Crippen molar-refractivity contribution in [3.63, 3.8) is 0 Å². The van der Waals surface area contributed by atoms with Gasteiger partial charge in [0.25, 0.3) is 8.32 Å². The summed E-state index contributed by atoms with van der Waals surface area (Å²) in [6.45, 7) is 9.55. The number of hydrogen-bond acceptors (Lipinski definition) is 3. The number of hydrogen-bond donors (Lipinski definition) is 0. The predicted molar refractivity (Wildman–Crippen MR) is 102 cm³/mol. The normalized spacial score (nSPS) is 12.1. The molecular weight excluding hydrogens is 316 g/mol. The second-order valence-corrected chi connectivity index (χ2v) is 11.1. The summed E-state index contributed by atoms with van der Waals surface area (Å²) in [5.74, 6) is 1.73. The standard InChI is InChI=1S/C20H28O3Si/c1-7-23-24(20(2,3)4,18-12-8-16(21-5)9-13-18)19-14-10-17(22-6)11-15-19/h8-15H,7H2,1-6H3. The Hall–Kier alpha value is -1.78. The van der Waals surface area contributed by atoms with E-state index in [1.165, 1.54) is 10.4 Å². The van der Waals surface area contributed by atoms with E-state index in [0.717, 1.165) is 11.5 Å². The molecule has 0 unspecified atom stereocenters. The Morgan fingerprint density at radius 2 is 1.12 bits per heavy atom. The summed E-state index contributed by atoms with van der Waals surface area (Å²) >= 11 is 0. The highest BCUT2D eigenvalue weighted by atomic mass is 28.4. The van der Waals surface area contributed by atoms with Gasteiger partial charge in [0.15, 0.2) is 0 Å². The minimum Gasteiger partial charge on any atom is -0.497 e. The van der Waals surface area contributed by atoms with E-state index in [4.69, 9.17) is 13.9 Å². The molecule has 0 N–H and O–H groups in total. The Morgan fingerprint density at radius 1 is 0.750 bits per heavy atom. The van der Waals surface area contributed by atoms with Crippen LogP contribution >= 0.6 is 0 Å². The first kappa shape index (κ1) is 18.6. The van der Waals surface area contributed by atoms with Gasteiger partial charge in [-0.1, -0.05) is 45.0 Å². The molecule has 4 heteroatoms. The van der Waals surface area contributed by atoms with E-state index in [1.807, 2.05) is 24.3 Å². The third kappa shape index (κ3) is 3.35. The molecule has 0 spiro atoms. The van der Waals surface area contributed by atoms with Crippen LogP contribution in [-0.4, -0.2) is 29.1 Å². The lowest BCUT2D eigenvalue weighted by atomic mass is 10.2. The summed E-state index contributed by atoms with van der Waals surface area (Å²) in [6.07, 6.45) is 0. The summed E-state index contributed by atoms with van der Waals surface area (Å²) in [5.41, 5.74) is 0. The molecule has 0 radical (unpaired) electrons. The van der Waals surface area contributed by atoms with Crippen molar-refractivity contribution in [2.75, 3.05) is 20.8 Å². The largest absolute Gasteiger partial charge is 0.497 e. The zero-order valence-electron chi connectivity index (χ0n) is 15.6. The molecule has 3 nitrogen and oxygen atoms in total. The Morgan fingerprint density at radius 3 is 1.38 bits per heavy atom. The molecule has 2 rings (SSSR count). The maximum absolute atomic E-state index is 6.57. The summed E-state index contributed by atoms with van der Waals surface area (Å²) in [6, 6.07) is 16.7. The molecule has 0 aliphatic heterocycles. The van der Waals surface area contributed by atoms with E-state index in [0.29, 0.717) is 6.61 Å². The van der Waals surface area contributed by atoms with E-state index >= 15 is 0 Å². The molecule has 0 saturated heterocycles. The zero-order chi connectivity index (χ0) is 17.8. The van der Waals surface area contributed by atoms with Gasteiger partial charge in [-0.15, -0.1) is 0 Å². The molecule has 2 aromatic carbocycles. The van der Waals surface area contributed by atoms with Crippen molar-refractivity contribution in [3.8, 4) is 11.5 Å². The Labute approximate surface area is 146 Å². The molecule has 0 saturated carbocycles. The average Bonchev–Trinajstić information content (AvgIpc) is 2.59. The van der Waals surface area contributed by atoms with Crippen molar-refractivity contribution in [2.45, 2.75) is 32.7 Å². The average molecular weight is 345 g/mol. The highest BCUT2D eigenvalue weighted by Crippen LogP contribution is 2.37. The van der Waals surface area contributed by atoms with Crippen molar-refractivity contribution in [1.82, 2.24) is 0 Å². The van der Waals surface area contributed by atoms with Crippen molar-refractivity contribution >= 4 is 18.7 Å². The van der Waals surface area contributed by atoms with Gasteiger partial charge in [-0.25, -0.2) is 0 Å². The zero-order valence-corrected chi connectivity index (χ0v) is 16.6. The fraction of sp³-hybridized carbons (Fsp3) is 0.400. The Bertz CT molecular complexity index is 595. The van der Waals surface area contributed by atoms with Gasteiger partial charge >= 0.3 is 0 Å². The molecule has 0 amide bonds. The molecular formula is C20H28O3Si. The van der Waals surface area contributed by atoms with E-state index in [9.17, 15) is 0 Å². The number of methoxy groups -OCH3 is 2. The van der Waals surface area contributed by atoms with Crippen LogP contribution in [0.4, 0.5) is 0 Å². The quantitative estimate of drug-likeness (QED) is 0.750. The van der Waals surface area contributed by atoms with E-state index in [-0.39, 0.29) is 5.04 Å². The molecule has 0 atom stereocenters. The number of rotatable bonds is 6. The molecule has 130 valence electrons. The lowest BCUT2D eigenvalue weighted by Gasteiger charge is -2.42. The molecule has 0 aromatic heterocycles. The summed E-state index contributed by atoms with van der Waals surface area (Å²) in [5, 5.41) is 2.50. The molecule has 0 aliphatic carbocycles. The molecule has 24 heavy (non-hydrogen) atoms. The van der Waals surface area contributed by atoms with Gasteiger partial charge in [0.05, 0.1) is 14.2 Å². The third-order valence-corrected chi connectivity index (χ3v) is 9.54. The van der Waals surface area contributed by atoms with Gasteiger partial charge in [0.2, 0.25) is 0 Å². The van der Waals surface area contributed by atoms with Crippen LogP contribution in [0.1, 0.15) is 27.7 Å². The lowest BCUT2D eigenvalue weighted by Crippen LogP contribution is -2.66. The predicted octanol–water partition coefficient (Wildman–Crippen LogP) is 3.60. The van der Waals surface area contributed by atoms with E-state index in [2.05, 4.69) is 52.0 Å². The molecule has 0 heterocycles. The van der Waals surface area contributed by atoms with Crippen molar-refractivity contribution < 1.29 is 13.9 Å². The molecule has 2 aromatic rings. The van der Waals surface area contributed by atoms with Crippen LogP contribution in [0.2, 0.25) is 5.04 Å². The molecule has 0 fully saturated rings. The summed E-state index contributed by atoms with van der Waals surface area (Å²) in [7, 11) is 0.948. The minimum atomic E-state index is -2.43. The SMILES string of the molecule is CCO[Si](c1ccc(OC)cc1)(c1ccc(OC)cc1)C(C)(C)C. The van der Waals surface area contributed by atoms with Gasteiger partial charge in [-0.05, 0) is 46.6 Å². The van der Waals surface area contributed by atoms with Gasteiger partial charge in [-0.3, -0.25) is 0 Å². The first-order chi connectivity index (χ1) is 11.4. The van der Waals surface area contributed by atoms with Gasteiger partial charge in [-0.2, -0.15) is 0 Å². The maximum atomic E-state index is 6.57. The highest BCUT2D eigenvalue weighted by molar-refractivity contribution is 6.99. The summed E-state index contributed by atoms with van der Waals surface area (Å²) in [4.78, 5) is 0. The van der Waals surface area contributed by atoms with Gasteiger partial charge < -0.3 is 13.9 Å².